The van der Waals surface area contributed by atoms with E-state index in [4.69, 9.17) is 4.74 Å². The van der Waals surface area contributed by atoms with E-state index in [9.17, 15) is 9.59 Å². The van der Waals surface area contributed by atoms with E-state index in [-0.39, 0.29) is 11.9 Å². The summed E-state index contributed by atoms with van der Waals surface area (Å²) in [6, 6.07) is 7.07. The standard InChI is InChI=1S/C15H17N5O3S/c1-9(13(21)20-8-7-16-15(20)22)24-14-17-12(18-19-14)10-3-5-11(23-2)6-4-10/h3-6,9H,7-8H2,1-2H3,(H,16,22)(H,17,18,19)/t9-/m1/s1. The zero-order chi connectivity index (χ0) is 17.1. The third-order valence-electron chi connectivity index (χ3n) is 3.58. The highest BCUT2D eigenvalue weighted by Gasteiger charge is 2.30. The van der Waals surface area contributed by atoms with Crippen molar-refractivity contribution in [3.05, 3.63) is 24.3 Å². The predicted octanol–water partition coefficient (Wildman–Crippen LogP) is 1.51. The lowest BCUT2D eigenvalue weighted by atomic mass is 10.2. The molecule has 1 atom stereocenters. The molecule has 0 spiro atoms. The molecule has 126 valence electrons. The molecule has 1 aliphatic rings. The molecule has 0 unspecified atom stereocenters. The monoisotopic (exact) mass is 347 g/mol. The number of nitrogens with one attached hydrogen (secondary N) is 2. The van der Waals surface area contributed by atoms with Crippen molar-refractivity contribution in [3.63, 3.8) is 0 Å². The van der Waals surface area contributed by atoms with E-state index >= 15 is 0 Å². The van der Waals surface area contributed by atoms with Crippen molar-refractivity contribution in [3.8, 4) is 17.1 Å². The fourth-order valence-electron chi connectivity index (χ4n) is 2.29. The SMILES string of the molecule is COc1ccc(-c2nc(S[C@H](C)C(=O)N3CCNC3=O)n[nH]2)cc1. The van der Waals surface area contributed by atoms with Gasteiger partial charge in [0.05, 0.1) is 12.4 Å². The third-order valence-corrected chi connectivity index (χ3v) is 4.53. The maximum Gasteiger partial charge on any atom is 0.324 e. The van der Waals surface area contributed by atoms with E-state index in [0.717, 1.165) is 11.3 Å². The second kappa shape index (κ2) is 6.91. The van der Waals surface area contributed by atoms with E-state index in [0.29, 0.717) is 24.1 Å². The predicted molar refractivity (Wildman–Crippen MR) is 88.8 cm³/mol. The van der Waals surface area contributed by atoms with Crippen molar-refractivity contribution in [2.24, 2.45) is 0 Å². The van der Waals surface area contributed by atoms with Crippen LogP contribution in [-0.4, -0.2) is 57.5 Å². The molecule has 8 nitrogen and oxygen atoms in total. The van der Waals surface area contributed by atoms with Gasteiger partial charge in [-0.1, -0.05) is 11.8 Å². The molecule has 0 radical (unpaired) electrons. The Morgan fingerprint density at radius 3 is 2.75 bits per heavy atom. The van der Waals surface area contributed by atoms with Crippen molar-refractivity contribution in [1.29, 1.82) is 0 Å². The number of aromatic nitrogens is 3. The molecule has 1 aliphatic heterocycles. The van der Waals surface area contributed by atoms with Gasteiger partial charge in [0.25, 0.3) is 0 Å². The molecule has 0 aliphatic carbocycles. The molecule has 1 saturated heterocycles. The number of carbonyl (C=O) groups excluding carboxylic acids is 2. The fraction of sp³-hybridized carbons (Fsp3) is 0.333. The number of imide groups is 1. The highest BCUT2D eigenvalue weighted by Crippen LogP contribution is 2.25. The number of thioether (sulfide) groups is 1. The number of hydrogen-bond acceptors (Lipinski definition) is 6. The van der Waals surface area contributed by atoms with Gasteiger partial charge in [-0.05, 0) is 31.2 Å². The molecule has 2 heterocycles. The first-order valence-electron chi connectivity index (χ1n) is 7.41. The maximum absolute atomic E-state index is 12.3. The average Bonchev–Trinajstić information content (AvgIpc) is 3.23. The molecular weight excluding hydrogens is 330 g/mol. The quantitative estimate of drug-likeness (QED) is 0.795. The second-order valence-corrected chi connectivity index (χ2v) is 6.48. The van der Waals surface area contributed by atoms with Crippen LogP contribution in [0.2, 0.25) is 0 Å². The highest BCUT2D eigenvalue weighted by molar-refractivity contribution is 8.00. The first-order chi connectivity index (χ1) is 11.6. The van der Waals surface area contributed by atoms with Gasteiger partial charge in [0.15, 0.2) is 5.82 Å². The molecule has 1 aromatic carbocycles. The summed E-state index contributed by atoms with van der Waals surface area (Å²) in [6.45, 7) is 2.62. The van der Waals surface area contributed by atoms with E-state index < -0.39 is 5.25 Å². The van der Waals surface area contributed by atoms with Crippen LogP contribution in [0.3, 0.4) is 0 Å². The Hall–Kier alpha value is -2.55. The van der Waals surface area contributed by atoms with Gasteiger partial charge in [-0.3, -0.25) is 14.8 Å². The number of benzene rings is 1. The molecule has 9 heteroatoms. The minimum absolute atomic E-state index is 0.245. The summed E-state index contributed by atoms with van der Waals surface area (Å²) in [5, 5.41) is 9.61. The molecule has 3 amide bonds. The van der Waals surface area contributed by atoms with Crippen LogP contribution in [0.5, 0.6) is 5.75 Å². The molecule has 24 heavy (non-hydrogen) atoms. The summed E-state index contributed by atoms with van der Waals surface area (Å²) in [4.78, 5) is 29.4. The van der Waals surface area contributed by atoms with Gasteiger partial charge in [-0.25, -0.2) is 9.78 Å². The van der Waals surface area contributed by atoms with Gasteiger partial charge in [0, 0.05) is 18.7 Å². The maximum atomic E-state index is 12.3. The van der Waals surface area contributed by atoms with Crippen molar-refractivity contribution >= 4 is 23.7 Å². The van der Waals surface area contributed by atoms with Gasteiger partial charge >= 0.3 is 6.03 Å². The summed E-state index contributed by atoms with van der Waals surface area (Å²) in [7, 11) is 1.61. The van der Waals surface area contributed by atoms with E-state index in [2.05, 4.69) is 20.5 Å². The smallest absolute Gasteiger partial charge is 0.324 e. The lowest BCUT2D eigenvalue weighted by molar-refractivity contribution is -0.126. The average molecular weight is 347 g/mol. The van der Waals surface area contributed by atoms with Crippen LogP contribution in [0.15, 0.2) is 29.4 Å². The van der Waals surface area contributed by atoms with Crippen molar-refractivity contribution < 1.29 is 14.3 Å². The van der Waals surface area contributed by atoms with Gasteiger partial charge in [-0.2, -0.15) is 0 Å². The number of methoxy groups -OCH3 is 1. The van der Waals surface area contributed by atoms with E-state index in [1.165, 1.54) is 16.7 Å². The van der Waals surface area contributed by atoms with Crippen molar-refractivity contribution in [1.82, 2.24) is 25.4 Å². The Morgan fingerprint density at radius 2 is 2.12 bits per heavy atom. The van der Waals surface area contributed by atoms with Gasteiger partial charge < -0.3 is 10.1 Å². The van der Waals surface area contributed by atoms with Crippen LogP contribution in [0.4, 0.5) is 4.79 Å². The highest BCUT2D eigenvalue weighted by atomic mass is 32.2. The number of urea groups is 1. The van der Waals surface area contributed by atoms with Gasteiger partial charge in [0.2, 0.25) is 11.1 Å². The van der Waals surface area contributed by atoms with Gasteiger partial charge in [-0.15, -0.1) is 5.10 Å². The number of nitrogens with zero attached hydrogens (tertiary/aromatic N) is 3. The first kappa shape index (κ1) is 16.3. The number of H-pyrrole nitrogens is 1. The Kier molecular flexibility index (Phi) is 4.70. The van der Waals surface area contributed by atoms with Crippen LogP contribution in [-0.2, 0) is 4.79 Å². The third kappa shape index (κ3) is 3.35. The number of amides is 3. The Labute approximate surface area is 143 Å². The topological polar surface area (TPSA) is 100 Å². The summed E-state index contributed by atoms with van der Waals surface area (Å²) in [5.74, 6) is 1.13. The van der Waals surface area contributed by atoms with Gasteiger partial charge in [0.1, 0.15) is 5.75 Å². The number of ether oxygens (including phenoxy) is 1. The van der Waals surface area contributed by atoms with E-state index in [1.807, 2.05) is 24.3 Å². The molecule has 1 fully saturated rings. The number of aromatic amines is 1. The minimum Gasteiger partial charge on any atom is -0.497 e. The Balaban J connectivity index is 1.66. The van der Waals surface area contributed by atoms with Crippen LogP contribution >= 0.6 is 11.8 Å². The summed E-state index contributed by atoms with van der Waals surface area (Å²) < 4.78 is 5.12. The molecule has 1 aromatic heterocycles. The van der Waals surface area contributed by atoms with Crippen LogP contribution in [0, 0.1) is 0 Å². The molecule has 0 bridgehead atoms. The normalized spacial score (nSPS) is 15.2. The lowest BCUT2D eigenvalue weighted by Crippen LogP contribution is -2.38. The summed E-state index contributed by atoms with van der Waals surface area (Å²) in [5.41, 5.74) is 0.869. The lowest BCUT2D eigenvalue weighted by Gasteiger charge is -2.15. The van der Waals surface area contributed by atoms with Crippen molar-refractivity contribution in [2.45, 2.75) is 17.3 Å². The molecule has 0 saturated carbocycles. The Bertz CT molecular complexity index is 746. The fourth-order valence-corrected chi connectivity index (χ4v) is 3.07. The minimum atomic E-state index is -0.451. The summed E-state index contributed by atoms with van der Waals surface area (Å²) >= 11 is 1.21. The van der Waals surface area contributed by atoms with Crippen molar-refractivity contribution in [2.75, 3.05) is 20.2 Å². The number of rotatable bonds is 5. The van der Waals surface area contributed by atoms with Crippen LogP contribution in [0.25, 0.3) is 11.4 Å². The number of carbonyl (C=O) groups is 2. The first-order valence-corrected chi connectivity index (χ1v) is 8.29. The largest absolute Gasteiger partial charge is 0.497 e. The molecule has 2 N–H and O–H groups in total. The van der Waals surface area contributed by atoms with E-state index in [1.54, 1.807) is 14.0 Å². The number of hydrogen-bond donors (Lipinski definition) is 2. The molecular formula is C15H17N5O3S. The Morgan fingerprint density at radius 1 is 1.38 bits per heavy atom. The second-order valence-electron chi connectivity index (χ2n) is 5.18. The van der Waals surface area contributed by atoms with Crippen LogP contribution < -0.4 is 10.1 Å². The summed E-state index contributed by atoms with van der Waals surface area (Å²) in [6.07, 6.45) is 0. The molecule has 2 aromatic rings. The molecule has 3 rings (SSSR count). The zero-order valence-electron chi connectivity index (χ0n) is 13.3. The zero-order valence-corrected chi connectivity index (χ0v) is 14.1. The van der Waals surface area contributed by atoms with Crippen LogP contribution in [0.1, 0.15) is 6.92 Å².